The van der Waals surface area contributed by atoms with E-state index in [1.807, 2.05) is 0 Å². The molecular weight excluding hydrogens is 648 g/mol. The third kappa shape index (κ3) is 11.6. The number of amides is 3. The van der Waals surface area contributed by atoms with Crippen molar-refractivity contribution >= 4 is 29.4 Å². The van der Waals surface area contributed by atoms with E-state index in [4.69, 9.17) is 27.7 Å². The van der Waals surface area contributed by atoms with Crippen LogP contribution < -0.4 is 38.3 Å². The summed E-state index contributed by atoms with van der Waals surface area (Å²) in [4.78, 5) is 42.3. The van der Waals surface area contributed by atoms with Crippen molar-refractivity contribution in [1.29, 1.82) is 0 Å². The Hall–Kier alpha value is -4.54. The van der Waals surface area contributed by atoms with Crippen molar-refractivity contribution in [1.82, 2.24) is 5.32 Å². The lowest BCUT2D eigenvalue weighted by atomic mass is 9.84. The molecule has 264 valence electrons. The van der Waals surface area contributed by atoms with E-state index < -0.39 is 65.5 Å². The first-order chi connectivity index (χ1) is 22.4. The van der Waals surface area contributed by atoms with E-state index in [0.29, 0.717) is 18.6 Å². The molecule has 0 unspecified atom stereocenters. The van der Waals surface area contributed by atoms with Crippen molar-refractivity contribution in [3.8, 4) is 5.75 Å². The van der Waals surface area contributed by atoms with Gasteiger partial charge in [-0.25, -0.2) is 0 Å². The van der Waals surface area contributed by atoms with Gasteiger partial charge in [0.15, 0.2) is 5.96 Å². The lowest BCUT2D eigenvalue weighted by Gasteiger charge is -2.27. The van der Waals surface area contributed by atoms with Crippen molar-refractivity contribution < 1.29 is 45.5 Å². The molecule has 0 aromatic heterocycles. The first-order valence-electron chi connectivity index (χ1n) is 15.2. The van der Waals surface area contributed by atoms with Crippen LogP contribution in [-0.2, 0) is 28.5 Å². The van der Waals surface area contributed by atoms with Crippen LogP contribution in [0.3, 0.4) is 0 Å². The maximum atomic E-state index is 13.6. The zero-order valence-electron chi connectivity index (χ0n) is 25.9. The van der Waals surface area contributed by atoms with Gasteiger partial charge in [-0.3, -0.25) is 19.4 Å². The quantitative estimate of drug-likeness (QED) is 0.0740. The summed E-state index contributed by atoms with van der Waals surface area (Å²) in [7, 11) is 0. The molecule has 2 aromatic rings. The zero-order chi connectivity index (χ0) is 35.6. The molecule has 1 aliphatic rings. The minimum Gasteiger partial charge on any atom is -0.487 e. The number of nitrogens with zero attached hydrogens (tertiary/aromatic N) is 1. The molecule has 0 spiro atoms. The number of rotatable bonds is 14. The van der Waals surface area contributed by atoms with E-state index in [1.165, 1.54) is 12.1 Å². The number of primary amides is 1. The zero-order valence-corrected chi connectivity index (χ0v) is 25.9. The average molecular weight is 688 g/mol. The fourth-order valence-corrected chi connectivity index (χ4v) is 5.30. The maximum absolute atomic E-state index is 13.6. The Balaban J connectivity index is 1.85. The standard InChI is InChI=1S/C31H39F6N7O4/c32-30(33,34)20-11-18(12-21(15-20)31(35,36)37)16-48-25-14-19(26(39)45)8-9-23(25)43-28(47)24(13-17-5-2-1-3-6-17)44-27(46)22(38)7-4-10-42-29(40)41/h8-9,11-12,14-15,17,22,24H,1-7,10,13,16,38H2,(H2,39,45)(H,43,47)(H,44,46)(H4,40,41,42)/t22-,24-/m0/s1. The van der Waals surface area contributed by atoms with Gasteiger partial charge in [-0.1, -0.05) is 32.1 Å². The van der Waals surface area contributed by atoms with E-state index in [2.05, 4.69) is 15.6 Å². The van der Waals surface area contributed by atoms with Crippen molar-refractivity contribution in [2.24, 2.45) is 33.8 Å². The minimum atomic E-state index is -5.08. The lowest BCUT2D eigenvalue weighted by molar-refractivity contribution is -0.143. The highest BCUT2D eigenvalue weighted by Crippen LogP contribution is 2.37. The van der Waals surface area contributed by atoms with Crippen LogP contribution >= 0.6 is 0 Å². The number of nitrogens with one attached hydrogen (secondary N) is 2. The topological polar surface area (TPSA) is 201 Å². The molecule has 0 radical (unpaired) electrons. The van der Waals surface area contributed by atoms with Crippen LogP contribution in [0, 0.1) is 5.92 Å². The SMILES string of the molecule is NC(=O)c1ccc(NC(=O)[C@H](CC2CCCCC2)NC(=O)[C@@H](N)CCCN=C(N)N)c(OCc2cc(C(F)(F)F)cc(C(F)(F)F)c2)c1. The van der Waals surface area contributed by atoms with Gasteiger partial charge in [-0.05, 0) is 67.1 Å². The van der Waals surface area contributed by atoms with Crippen molar-refractivity contribution in [2.45, 2.75) is 82.4 Å². The Morgan fingerprint density at radius 2 is 1.52 bits per heavy atom. The van der Waals surface area contributed by atoms with Crippen LogP contribution in [0.5, 0.6) is 5.75 Å². The summed E-state index contributed by atoms with van der Waals surface area (Å²) in [5.74, 6) is -2.44. The van der Waals surface area contributed by atoms with Crippen LogP contribution in [0.4, 0.5) is 32.0 Å². The molecule has 2 aromatic carbocycles. The first-order valence-corrected chi connectivity index (χ1v) is 15.2. The fraction of sp³-hybridized carbons (Fsp3) is 0.484. The van der Waals surface area contributed by atoms with Gasteiger partial charge in [0.1, 0.15) is 18.4 Å². The Labute approximate surface area is 272 Å². The number of benzene rings is 2. The summed E-state index contributed by atoms with van der Waals surface area (Å²) in [6.07, 6.45) is -4.63. The molecule has 17 heteroatoms. The number of alkyl halides is 6. The molecule has 0 bridgehead atoms. The van der Waals surface area contributed by atoms with Gasteiger partial charge in [-0.2, -0.15) is 26.3 Å². The second-order valence-electron chi connectivity index (χ2n) is 11.6. The number of hydrogen-bond acceptors (Lipinski definition) is 6. The fourth-order valence-electron chi connectivity index (χ4n) is 5.30. The number of ether oxygens (including phenoxy) is 1. The van der Waals surface area contributed by atoms with Gasteiger partial charge in [0.05, 0.1) is 22.9 Å². The second-order valence-corrected chi connectivity index (χ2v) is 11.6. The number of aliphatic imine (C=N–C) groups is 1. The number of hydrogen-bond donors (Lipinski definition) is 6. The molecule has 0 heterocycles. The van der Waals surface area contributed by atoms with Crippen molar-refractivity contribution in [2.75, 3.05) is 11.9 Å². The lowest BCUT2D eigenvalue weighted by Crippen LogP contribution is -2.50. The average Bonchev–Trinajstić information content (AvgIpc) is 3.01. The largest absolute Gasteiger partial charge is 0.487 e. The molecule has 2 atom stereocenters. The summed E-state index contributed by atoms with van der Waals surface area (Å²) < 4.78 is 85.9. The van der Waals surface area contributed by atoms with Crippen LogP contribution in [0.15, 0.2) is 41.4 Å². The molecule has 0 aliphatic heterocycles. The molecule has 48 heavy (non-hydrogen) atoms. The highest BCUT2D eigenvalue weighted by atomic mass is 19.4. The van der Waals surface area contributed by atoms with Gasteiger partial charge < -0.3 is 38.3 Å². The molecular formula is C31H39F6N7O4. The predicted molar refractivity (Wildman–Crippen MR) is 165 cm³/mol. The van der Waals surface area contributed by atoms with Crippen LogP contribution in [0.25, 0.3) is 0 Å². The minimum absolute atomic E-state index is 0.0144. The summed E-state index contributed by atoms with van der Waals surface area (Å²) in [6, 6.07) is 2.53. The number of anilines is 1. The maximum Gasteiger partial charge on any atom is 0.416 e. The Morgan fingerprint density at radius 3 is 2.08 bits per heavy atom. The van der Waals surface area contributed by atoms with E-state index in [-0.39, 0.29) is 54.3 Å². The highest BCUT2D eigenvalue weighted by Gasteiger charge is 2.37. The van der Waals surface area contributed by atoms with Gasteiger partial charge >= 0.3 is 12.4 Å². The predicted octanol–water partition coefficient (Wildman–Crippen LogP) is 4.18. The Bertz CT molecular complexity index is 1440. The van der Waals surface area contributed by atoms with Gasteiger partial charge in [-0.15, -0.1) is 0 Å². The molecule has 0 saturated heterocycles. The molecule has 1 aliphatic carbocycles. The van der Waals surface area contributed by atoms with Crippen LogP contribution in [-0.4, -0.2) is 42.3 Å². The summed E-state index contributed by atoms with van der Waals surface area (Å²) >= 11 is 0. The summed E-state index contributed by atoms with van der Waals surface area (Å²) in [5, 5.41) is 5.30. The molecule has 3 amide bonds. The number of carbonyl (C=O) groups is 3. The van der Waals surface area contributed by atoms with Crippen LogP contribution in [0.1, 0.15) is 78.4 Å². The second kappa shape index (κ2) is 16.5. The summed E-state index contributed by atoms with van der Waals surface area (Å²) in [5.41, 5.74) is 18.3. The van der Waals surface area contributed by atoms with Crippen molar-refractivity contribution in [3.05, 3.63) is 58.7 Å². The highest BCUT2D eigenvalue weighted by molar-refractivity contribution is 6.00. The Kier molecular flexibility index (Phi) is 13.1. The normalized spacial score (nSPS) is 15.2. The van der Waals surface area contributed by atoms with E-state index in [1.54, 1.807) is 0 Å². The number of halogens is 6. The third-order valence-corrected chi connectivity index (χ3v) is 7.80. The molecule has 1 fully saturated rings. The number of carbonyl (C=O) groups excluding carboxylic acids is 3. The third-order valence-electron chi connectivity index (χ3n) is 7.80. The van der Waals surface area contributed by atoms with Gasteiger partial charge in [0, 0.05) is 12.1 Å². The Morgan fingerprint density at radius 1 is 0.896 bits per heavy atom. The van der Waals surface area contributed by atoms with Crippen LogP contribution in [0.2, 0.25) is 0 Å². The number of guanidine groups is 1. The van der Waals surface area contributed by atoms with Gasteiger partial charge in [0.25, 0.3) is 0 Å². The first kappa shape index (κ1) is 37.9. The number of nitrogens with two attached hydrogens (primary N) is 4. The smallest absolute Gasteiger partial charge is 0.416 e. The van der Waals surface area contributed by atoms with E-state index >= 15 is 0 Å². The molecule has 11 nitrogen and oxygen atoms in total. The molecule has 10 N–H and O–H groups in total. The van der Waals surface area contributed by atoms with E-state index in [0.717, 1.165) is 38.2 Å². The van der Waals surface area contributed by atoms with E-state index in [9.17, 15) is 40.7 Å². The van der Waals surface area contributed by atoms with Crippen molar-refractivity contribution in [3.63, 3.8) is 0 Å². The summed E-state index contributed by atoms with van der Waals surface area (Å²) in [6.45, 7) is -0.549. The molecule has 1 saturated carbocycles. The molecule has 3 rings (SSSR count). The van der Waals surface area contributed by atoms with Gasteiger partial charge in [0.2, 0.25) is 17.7 Å². The monoisotopic (exact) mass is 687 g/mol.